The van der Waals surface area contributed by atoms with E-state index in [2.05, 4.69) is 47.3 Å². The number of nitrogen functional groups attached to an aromatic ring is 1. The molecule has 0 radical (unpaired) electrons. The van der Waals surface area contributed by atoms with Crippen molar-refractivity contribution in [3.05, 3.63) is 56.1 Å². The van der Waals surface area contributed by atoms with Gasteiger partial charge >= 0.3 is 0 Å². The first-order valence-electron chi connectivity index (χ1n) is 9.87. The number of amides is 2. The molecule has 2 aliphatic rings. The summed E-state index contributed by atoms with van der Waals surface area (Å²) in [6.07, 6.45) is 4.21. The maximum absolute atomic E-state index is 12.9. The highest BCUT2D eigenvalue weighted by Gasteiger charge is 2.29. The fraction of sp³-hybridized carbons (Fsp3) is 0.333. The third-order valence-electron chi connectivity index (χ3n) is 5.44. The van der Waals surface area contributed by atoms with Crippen LogP contribution in [0.2, 0.25) is 0 Å². The molecule has 4 rings (SSSR count). The minimum atomic E-state index is -0.278. The molecule has 0 bridgehead atoms. The summed E-state index contributed by atoms with van der Waals surface area (Å²) < 4.78 is 1.66. The summed E-state index contributed by atoms with van der Waals surface area (Å²) >= 11 is 6.83. The first-order valence-corrected chi connectivity index (χ1v) is 11.5. The van der Waals surface area contributed by atoms with Crippen molar-refractivity contribution in [3.8, 4) is 0 Å². The summed E-state index contributed by atoms with van der Waals surface area (Å²) in [5, 5.41) is 9.09. The molecule has 2 atom stereocenters. The standard InChI is InChI=1S/C21H22Br2N6O2/c1-28-10-14(9-26-28)13-6-18(19(24)25-8-13)20(30)27-17-2-3-29(11-17)21(31)12-4-15(22)7-16(23)5-12/h4-9,14,17H,2-3,10-11H2,1H3,(H2,24,25)(H,27,30)/t14?,17-/m0/s1. The lowest BCUT2D eigenvalue weighted by molar-refractivity contribution is 0.0783. The first kappa shape index (κ1) is 21.8. The van der Waals surface area contributed by atoms with Crippen molar-refractivity contribution in [3.63, 3.8) is 0 Å². The van der Waals surface area contributed by atoms with Crippen molar-refractivity contribution in [1.29, 1.82) is 0 Å². The van der Waals surface area contributed by atoms with E-state index in [9.17, 15) is 9.59 Å². The maximum Gasteiger partial charge on any atom is 0.255 e. The number of nitrogens with two attached hydrogens (primary N) is 1. The SMILES string of the molecule is CN1CC(c2cnc(N)c(C(=O)N[C@H]3CCN(C(=O)c4cc(Br)cc(Br)c4)C3)c2)C=N1. The zero-order valence-corrected chi connectivity index (χ0v) is 20.1. The van der Waals surface area contributed by atoms with Crippen molar-refractivity contribution in [1.82, 2.24) is 20.2 Å². The third-order valence-corrected chi connectivity index (χ3v) is 6.35. The maximum atomic E-state index is 12.9. The Hall–Kier alpha value is -2.46. The zero-order chi connectivity index (χ0) is 22.1. The van der Waals surface area contributed by atoms with Crippen molar-refractivity contribution in [2.24, 2.45) is 5.10 Å². The van der Waals surface area contributed by atoms with Crippen LogP contribution in [-0.4, -0.2) is 65.6 Å². The molecule has 0 aliphatic carbocycles. The van der Waals surface area contributed by atoms with Gasteiger partial charge in [-0.25, -0.2) is 4.98 Å². The molecule has 1 aromatic heterocycles. The highest BCUT2D eigenvalue weighted by atomic mass is 79.9. The molecule has 0 spiro atoms. The number of rotatable bonds is 4. The molecule has 1 fully saturated rings. The van der Waals surface area contributed by atoms with E-state index < -0.39 is 0 Å². The van der Waals surface area contributed by atoms with E-state index in [1.165, 1.54) is 0 Å². The van der Waals surface area contributed by atoms with Crippen LogP contribution >= 0.6 is 31.9 Å². The summed E-state index contributed by atoms with van der Waals surface area (Å²) in [6.45, 7) is 1.76. The van der Waals surface area contributed by atoms with Crippen molar-refractivity contribution in [2.45, 2.75) is 18.4 Å². The van der Waals surface area contributed by atoms with Crippen LogP contribution < -0.4 is 11.1 Å². The van der Waals surface area contributed by atoms with Gasteiger partial charge in [-0.2, -0.15) is 5.10 Å². The van der Waals surface area contributed by atoms with E-state index in [4.69, 9.17) is 5.73 Å². The molecular weight excluding hydrogens is 528 g/mol. The summed E-state index contributed by atoms with van der Waals surface area (Å²) in [5.41, 5.74) is 7.82. The second-order valence-corrected chi connectivity index (χ2v) is 9.61. The molecule has 8 nitrogen and oxygen atoms in total. The number of aromatic nitrogens is 1. The molecule has 0 saturated carbocycles. The predicted molar refractivity (Wildman–Crippen MR) is 126 cm³/mol. The number of hydrazone groups is 1. The number of halogens is 2. The lowest BCUT2D eigenvalue weighted by Gasteiger charge is -2.18. The molecular formula is C21H22Br2N6O2. The van der Waals surface area contributed by atoms with Crippen LogP contribution in [0.3, 0.4) is 0 Å². The molecule has 162 valence electrons. The first-order chi connectivity index (χ1) is 14.8. The van der Waals surface area contributed by atoms with Crippen LogP contribution in [-0.2, 0) is 0 Å². The lowest BCUT2D eigenvalue weighted by atomic mass is 10.0. The fourth-order valence-electron chi connectivity index (χ4n) is 3.83. The van der Waals surface area contributed by atoms with E-state index in [0.29, 0.717) is 30.6 Å². The summed E-state index contributed by atoms with van der Waals surface area (Å²) in [6, 6.07) is 7.10. The number of hydrogen-bond donors (Lipinski definition) is 2. The van der Waals surface area contributed by atoms with E-state index in [-0.39, 0.29) is 29.6 Å². The van der Waals surface area contributed by atoms with Crippen LogP contribution in [0.4, 0.5) is 5.82 Å². The van der Waals surface area contributed by atoms with Crippen LogP contribution in [0.15, 0.2) is 44.5 Å². The van der Waals surface area contributed by atoms with Crippen molar-refractivity contribution < 1.29 is 9.59 Å². The van der Waals surface area contributed by atoms with Gasteiger partial charge in [0, 0.05) is 65.6 Å². The van der Waals surface area contributed by atoms with Gasteiger partial charge in [-0.15, -0.1) is 0 Å². The predicted octanol–water partition coefficient (Wildman–Crippen LogP) is 2.85. The van der Waals surface area contributed by atoms with Gasteiger partial charge in [-0.3, -0.25) is 14.6 Å². The molecule has 2 aromatic rings. The molecule has 2 aliphatic heterocycles. The van der Waals surface area contributed by atoms with Gasteiger partial charge in [0.05, 0.1) is 5.56 Å². The van der Waals surface area contributed by atoms with E-state index in [1.807, 2.05) is 24.3 Å². The second-order valence-electron chi connectivity index (χ2n) is 7.78. The Labute approximate surface area is 197 Å². The second kappa shape index (κ2) is 8.96. The Morgan fingerprint density at radius 3 is 2.58 bits per heavy atom. The number of likely N-dealkylation sites (tertiary alicyclic amines) is 1. The Kier molecular flexibility index (Phi) is 6.29. The molecule has 1 unspecified atom stereocenters. The summed E-state index contributed by atoms with van der Waals surface area (Å²) in [5.74, 6) is -0.0746. The highest BCUT2D eigenvalue weighted by molar-refractivity contribution is 9.11. The van der Waals surface area contributed by atoms with Crippen LogP contribution in [0, 0.1) is 0 Å². The number of nitrogens with zero attached hydrogens (tertiary/aromatic N) is 4. The number of carbonyl (C=O) groups excluding carboxylic acids is 2. The number of carbonyl (C=O) groups is 2. The topological polar surface area (TPSA) is 104 Å². The van der Waals surface area contributed by atoms with Crippen molar-refractivity contribution in [2.75, 3.05) is 32.4 Å². The van der Waals surface area contributed by atoms with Gasteiger partial charge in [0.15, 0.2) is 0 Å². The third kappa shape index (κ3) is 4.90. The normalized spacial score (nSPS) is 20.4. The highest BCUT2D eigenvalue weighted by Crippen LogP contribution is 2.24. The van der Waals surface area contributed by atoms with Crippen LogP contribution in [0.25, 0.3) is 0 Å². The summed E-state index contributed by atoms with van der Waals surface area (Å²) in [4.78, 5) is 31.7. The Morgan fingerprint density at radius 1 is 1.16 bits per heavy atom. The molecule has 2 amide bonds. The van der Waals surface area contributed by atoms with Gasteiger partial charge in [0.2, 0.25) is 0 Å². The van der Waals surface area contributed by atoms with E-state index in [1.54, 1.807) is 29.3 Å². The minimum Gasteiger partial charge on any atom is -0.383 e. The van der Waals surface area contributed by atoms with Crippen molar-refractivity contribution >= 4 is 55.7 Å². The number of likely N-dealkylation sites (N-methyl/N-ethyl adjacent to an activating group) is 1. The lowest BCUT2D eigenvalue weighted by Crippen LogP contribution is -2.38. The van der Waals surface area contributed by atoms with E-state index >= 15 is 0 Å². The number of benzene rings is 1. The number of hydrogen-bond acceptors (Lipinski definition) is 6. The molecule has 3 N–H and O–H groups in total. The Morgan fingerprint density at radius 2 is 1.90 bits per heavy atom. The quantitative estimate of drug-likeness (QED) is 0.610. The average Bonchev–Trinajstić information content (AvgIpc) is 3.36. The van der Waals surface area contributed by atoms with Gasteiger partial charge in [-0.1, -0.05) is 31.9 Å². The van der Waals surface area contributed by atoms with Gasteiger partial charge < -0.3 is 16.0 Å². The summed E-state index contributed by atoms with van der Waals surface area (Å²) in [7, 11) is 1.90. The van der Waals surface area contributed by atoms with Gasteiger partial charge in [0.25, 0.3) is 11.8 Å². The molecule has 1 saturated heterocycles. The van der Waals surface area contributed by atoms with Crippen LogP contribution in [0.1, 0.15) is 38.6 Å². The number of pyridine rings is 1. The fourth-order valence-corrected chi connectivity index (χ4v) is 5.12. The largest absolute Gasteiger partial charge is 0.383 e. The zero-order valence-electron chi connectivity index (χ0n) is 16.9. The smallest absolute Gasteiger partial charge is 0.255 e. The average molecular weight is 550 g/mol. The van der Waals surface area contributed by atoms with Gasteiger partial charge in [0.1, 0.15) is 5.82 Å². The monoisotopic (exact) mass is 548 g/mol. The number of anilines is 1. The van der Waals surface area contributed by atoms with Crippen LogP contribution in [0.5, 0.6) is 0 Å². The minimum absolute atomic E-state index is 0.0634. The molecule has 10 heteroatoms. The Balaban J connectivity index is 1.42. The number of nitrogens with one attached hydrogen (secondary N) is 1. The van der Waals surface area contributed by atoms with Gasteiger partial charge in [-0.05, 0) is 36.2 Å². The molecule has 31 heavy (non-hydrogen) atoms. The molecule has 1 aromatic carbocycles. The Bertz CT molecular complexity index is 1040. The van der Waals surface area contributed by atoms with E-state index in [0.717, 1.165) is 21.1 Å². The molecule has 3 heterocycles.